The number of oxime groups is 1. The summed E-state index contributed by atoms with van der Waals surface area (Å²) in [6, 6.07) is 6.90. The second kappa shape index (κ2) is 4.93. The highest BCUT2D eigenvalue weighted by molar-refractivity contribution is 6.14. The van der Waals surface area contributed by atoms with Gasteiger partial charge in [-0.25, -0.2) is 8.78 Å². The average molecular weight is 264 g/mol. The third-order valence-corrected chi connectivity index (χ3v) is 2.58. The van der Waals surface area contributed by atoms with Gasteiger partial charge in [0.05, 0.1) is 11.3 Å². The number of nitrogens with two attached hydrogens (primary N) is 1. The molecule has 0 aliphatic heterocycles. The van der Waals surface area contributed by atoms with Gasteiger partial charge >= 0.3 is 0 Å². The summed E-state index contributed by atoms with van der Waals surface area (Å²) in [4.78, 5) is 0. The lowest BCUT2D eigenvalue weighted by Gasteiger charge is -2.09. The zero-order chi connectivity index (χ0) is 14.0. The fraction of sp³-hybridized carbons (Fsp3) is 0. The predicted octanol–water partition coefficient (Wildman–Crippen LogP) is 2.48. The average Bonchev–Trinajstić information content (AvgIpc) is 2.38. The highest BCUT2D eigenvalue weighted by atomic mass is 19.1. The molecule has 2 rings (SSSR count). The normalized spacial score (nSPS) is 11.6. The molecule has 19 heavy (non-hydrogen) atoms. The van der Waals surface area contributed by atoms with Crippen molar-refractivity contribution in [3.8, 4) is 5.75 Å². The summed E-state index contributed by atoms with van der Waals surface area (Å²) >= 11 is 0. The number of halogens is 2. The van der Waals surface area contributed by atoms with E-state index < -0.39 is 17.4 Å². The van der Waals surface area contributed by atoms with Crippen LogP contribution < -0.4 is 5.73 Å². The van der Waals surface area contributed by atoms with Crippen molar-refractivity contribution < 1.29 is 19.1 Å². The standard InChI is InChI=1S/C13H10F2N2O2/c14-8-3-1-7(2-4-8)12(17-19)10-5-9(15)6-11(16)13(10)18/h1-6,18-19H,16H2. The Hall–Kier alpha value is -2.63. The summed E-state index contributed by atoms with van der Waals surface area (Å²) in [5.41, 5.74) is 5.37. The molecule has 0 saturated heterocycles. The first-order valence-corrected chi connectivity index (χ1v) is 5.29. The summed E-state index contributed by atoms with van der Waals surface area (Å²) in [5, 5.41) is 21.8. The number of hydrogen-bond acceptors (Lipinski definition) is 4. The zero-order valence-corrected chi connectivity index (χ0v) is 9.64. The number of rotatable bonds is 2. The largest absolute Gasteiger partial charge is 0.505 e. The van der Waals surface area contributed by atoms with E-state index in [4.69, 9.17) is 10.9 Å². The van der Waals surface area contributed by atoms with Crippen molar-refractivity contribution in [2.45, 2.75) is 0 Å². The molecular formula is C13H10F2N2O2. The van der Waals surface area contributed by atoms with Gasteiger partial charge in [0.15, 0.2) is 0 Å². The van der Waals surface area contributed by atoms with E-state index in [2.05, 4.69) is 5.16 Å². The van der Waals surface area contributed by atoms with E-state index in [1.807, 2.05) is 0 Å². The number of benzene rings is 2. The Labute approximate surface area is 107 Å². The van der Waals surface area contributed by atoms with Gasteiger partial charge in [0.1, 0.15) is 23.1 Å². The Morgan fingerprint density at radius 2 is 1.68 bits per heavy atom. The van der Waals surface area contributed by atoms with Crippen LogP contribution in [0.5, 0.6) is 5.75 Å². The van der Waals surface area contributed by atoms with Gasteiger partial charge in [-0.1, -0.05) is 5.16 Å². The van der Waals surface area contributed by atoms with Crippen molar-refractivity contribution >= 4 is 11.4 Å². The maximum absolute atomic E-state index is 13.3. The Morgan fingerprint density at radius 1 is 1.05 bits per heavy atom. The first kappa shape index (κ1) is 12.8. The van der Waals surface area contributed by atoms with Gasteiger partial charge in [-0.15, -0.1) is 0 Å². The van der Waals surface area contributed by atoms with Crippen LogP contribution in [0, 0.1) is 11.6 Å². The molecule has 4 N–H and O–H groups in total. The molecule has 0 aliphatic carbocycles. The van der Waals surface area contributed by atoms with Crippen LogP contribution in [0.25, 0.3) is 0 Å². The van der Waals surface area contributed by atoms with E-state index in [1.165, 1.54) is 12.1 Å². The van der Waals surface area contributed by atoms with Gasteiger partial charge in [-0.3, -0.25) is 0 Å². The molecule has 2 aromatic carbocycles. The highest BCUT2D eigenvalue weighted by Crippen LogP contribution is 2.28. The van der Waals surface area contributed by atoms with Gasteiger partial charge in [-0.2, -0.15) is 0 Å². The summed E-state index contributed by atoms with van der Waals surface area (Å²) in [6.45, 7) is 0. The van der Waals surface area contributed by atoms with Crippen molar-refractivity contribution in [1.82, 2.24) is 0 Å². The lowest BCUT2D eigenvalue weighted by Crippen LogP contribution is -2.06. The lowest BCUT2D eigenvalue weighted by molar-refractivity contribution is 0.319. The third kappa shape index (κ3) is 2.47. The fourth-order valence-electron chi connectivity index (χ4n) is 1.68. The van der Waals surface area contributed by atoms with Crippen molar-refractivity contribution in [3.05, 3.63) is 59.2 Å². The summed E-state index contributed by atoms with van der Waals surface area (Å²) in [5.74, 6) is -1.56. The van der Waals surface area contributed by atoms with Gasteiger partial charge in [-0.05, 0) is 30.3 Å². The van der Waals surface area contributed by atoms with E-state index in [-0.39, 0.29) is 17.0 Å². The molecule has 0 aromatic heterocycles. The number of anilines is 1. The molecule has 98 valence electrons. The number of nitrogen functional groups attached to an aromatic ring is 1. The van der Waals surface area contributed by atoms with Gasteiger partial charge in [0.25, 0.3) is 0 Å². The summed E-state index contributed by atoms with van der Waals surface area (Å²) in [7, 11) is 0. The van der Waals surface area contributed by atoms with Gasteiger partial charge in [0, 0.05) is 11.6 Å². The topological polar surface area (TPSA) is 78.8 Å². The monoisotopic (exact) mass is 264 g/mol. The Kier molecular flexibility index (Phi) is 3.33. The first-order valence-electron chi connectivity index (χ1n) is 5.29. The lowest BCUT2D eigenvalue weighted by atomic mass is 10.0. The third-order valence-electron chi connectivity index (χ3n) is 2.58. The molecule has 0 spiro atoms. The second-order valence-electron chi connectivity index (χ2n) is 3.85. The van der Waals surface area contributed by atoms with Gasteiger partial charge < -0.3 is 16.0 Å². The molecule has 0 unspecified atom stereocenters. The minimum Gasteiger partial charge on any atom is -0.505 e. The summed E-state index contributed by atoms with van der Waals surface area (Å²) in [6.07, 6.45) is 0. The van der Waals surface area contributed by atoms with Crippen molar-refractivity contribution in [3.63, 3.8) is 0 Å². The number of phenolic OH excluding ortho intramolecular Hbond substituents is 1. The molecule has 0 amide bonds. The van der Waals surface area contributed by atoms with Crippen LogP contribution in [-0.4, -0.2) is 16.0 Å². The van der Waals surface area contributed by atoms with Crippen molar-refractivity contribution in [2.24, 2.45) is 5.16 Å². The van der Waals surface area contributed by atoms with Crippen LogP contribution in [0.2, 0.25) is 0 Å². The zero-order valence-electron chi connectivity index (χ0n) is 9.64. The van der Waals surface area contributed by atoms with Gasteiger partial charge in [0.2, 0.25) is 0 Å². The van der Waals surface area contributed by atoms with Crippen molar-refractivity contribution in [1.29, 1.82) is 0 Å². The Bertz CT molecular complexity index is 640. The van der Waals surface area contributed by atoms with E-state index in [0.29, 0.717) is 5.56 Å². The number of aromatic hydroxyl groups is 1. The molecule has 0 atom stereocenters. The van der Waals surface area contributed by atoms with Crippen LogP contribution in [0.15, 0.2) is 41.6 Å². The highest BCUT2D eigenvalue weighted by Gasteiger charge is 2.16. The van der Waals surface area contributed by atoms with Crippen LogP contribution in [0.1, 0.15) is 11.1 Å². The molecule has 0 saturated carbocycles. The second-order valence-corrected chi connectivity index (χ2v) is 3.85. The molecule has 4 nitrogen and oxygen atoms in total. The minimum atomic E-state index is -0.687. The predicted molar refractivity (Wildman–Crippen MR) is 66.3 cm³/mol. The molecule has 0 aliphatic rings. The van der Waals surface area contributed by atoms with E-state index in [1.54, 1.807) is 0 Å². The molecule has 6 heteroatoms. The van der Waals surface area contributed by atoms with E-state index >= 15 is 0 Å². The molecule has 0 bridgehead atoms. The molecular weight excluding hydrogens is 254 g/mol. The number of hydrogen-bond donors (Lipinski definition) is 3. The van der Waals surface area contributed by atoms with Crippen LogP contribution in [0.4, 0.5) is 14.5 Å². The quantitative estimate of drug-likeness (QED) is 0.256. The Morgan fingerprint density at radius 3 is 2.26 bits per heavy atom. The number of phenols is 1. The Balaban J connectivity index is 2.58. The van der Waals surface area contributed by atoms with E-state index in [9.17, 15) is 13.9 Å². The van der Waals surface area contributed by atoms with Crippen LogP contribution in [0.3, 0.4) is 0 Å². The fourth-order valence-corrected chi connectivity index (χ4v) is 1.68. The van der Waals surface area contributed by atoms with Crippen molar-refractivity contribution in [2.75, 3.05) is 5.73 Å². The number of nitrogens with zero attached hydrogens (tertiary/aromatic N) is 1. The van der Waals surface area contributed by atoms with Crippen LogP contribution >= 0.6 is 0 Å². The molecule has 0 radical (unpaired) electrons. The molecule has 0 heterocycles. The minimum absolute atomic E-state index is 0.0772. The van der Waals surface area contributed by atoms with E-state index in [0.717, 1.165) is 24.3 Å². The molecule has 2 aromatic rings. The van der Waals surface area contributed by atoms with Crippen LogP contribution in [-0.2, 0) is 0 Å². The summed E-state index contributed by atoms with van der Waals surface area (Å²) < 4.78 is 26.1. The molecule has 0 fully saturated rings. The SMILES string of the molecule is Nc1cc(F)cc(C(=NO)c2ccc(F)cc2)c1O. The maximum atomic E-state index is 13.3. The smallest absolute Gasteiger partial charge is 0.148 e. The first-order chi connectivity index (χ1) is 9.02. The maximum Gasteiger partial charge on any atom is 0.148 e.